The summed E-state index contributed by atoms with van der Waals surface area (Å²) < 4.78 is 5.76. The molecule has 3 fully saturated rings. The largest absolute Gasteiger partial charge is 0.372 e. The van der Waals surface area contributed by atoms with Gasteiger partial charge >= 0.3 is 0 Å². The van der Waals surface area contributed by atoms with Crippen LogP contribution in [0.3, 0.4) is 0 Å². The Bertz CT molecular complexity index is 687. The van der Waals surface area contributed by atoms with Crippen molar-refractivity contribution in [1.29, 1.82) is 0 Å². The van der Waals surface area contributed by atoms with Crippen molar-refractivity contribution in [1.82, 2.24) is 9.80 Å². The van der Waals surface area contributed by atoms with Crippen LogP contribution in [0, 0.1) is 11.3 Å². The Labute approximate surface area is 172 Å². The second-order valence-corrected chi connectivity index (χ2v) is 9.97. The molecule has 4 rings (SSSR count). The predicted molar refractivity (Wildman–Crippen MR) is 110 cm³/mol. The van der Waals surface area contributed by atoms with Crippen molar-refractivity contribution in [2.24, 2.45) is 11.3 Å². The summed E-state index contributed by atoms with van der Waals surface area (Å²) in [6, 6.07) is 4.21. The van der Waals surface area contributed by atoms with Gasteiger partial charge in [0.05, 0.1) is 12.2 Å². The lowest BCUT2D eigenvalue weighted by Crippen LogP contribution is -2.49. The highest BCUT2D eigenvalue weighted by Gasteiger charge is 2.59. The number of hydrogen-bond acceptors (Lipinski definition) is 4. The third-order valence-corrected chi connectivity index (χ3v) is 7.66. The fraction of sp³-hybridized carbons (Fsp3) is 0.727. The molecule has 6 heteroatoms. The zero-order chi connectivity index (χ0) is 19.7. The minimum absolute atomic E-state index is 0.121. The molecule has 3 aliphatic rings. The molecule has 0 bridgehead atoms. The second kappa shape index (κ2) is 8.15. The summed E-state index contributed by atoms with van der Waals surface area (Å²) in [5.41, 5.74) is 0.162. The number of rotatable bonds is 5. The van der Waals surface area contributed by atoms with E-state index in [1.807, 2.05) is 23.6 Å². The van der Waals surface area contributed by atoms with Gasteiger partial charge in [0.2, 0.25) is 11.8 Å². The molecule has 28 heavy (non-hydrogen) atoms. The van der Waals surface area contributed by atoms with Crippen molar-refractivity contribution in [3.63, 3.8) is 0 Å². The van der Waals surface area contributed by atoms with E-state index in [1.165, 1.54) is 4.88 Å². The molecule has 1 saturated carbocycles. The first-order valence-corrected chi connectivity index (χ1v) is 11.6. The average molecular weight is 405 g/mol. The van der Waals surface area contributed by atoms with Crippen LogP contribution in [0.2, 0.25) is 0 Å². The van der Waals surface area contributed by atoms with Gasteiger partial charge in [-0.2, -0.15) is 0 Å². The molecule has 3 atom stereocenters. The molecule has 5 nitrogen and oxygen atoms in total. The SMILES string of the molecule is C[C@@H]1CN(C(=O)C2CC23CCN(C(=O)CCCc2cccs2)CC3)C[C@H](C)O1. The zero-order valence-electron chi connectivity index (χ0n) is 17.1. The van der Waals surface area contributed by atoms with E-state index in [4.69, 9.17) is 4.74 Å². The molecule has 2 aliphatic heterocycles. The smallest absolute Gasteiger partial charge is 0.226 e. The first-order valence-electron chi connectivity index (χ1n) is 10.7. The molecular weight excluding hydrogens is 372 g/mol. The fourth-order valence-electron chi connectivity index (χ4n) is 5.06. The van der Waals surface area contributed by atoms with Gasteiger partial charge in [0.25, 0.3) is 0 Å². The Morgan fingerprint density at radius 3 is 2.54 bits per heavy atom. The molecular formula is C22H32N2O3S. The quantitative estimate of drug-likeness (QED) is 0.756. The van der Waals surface area contributed by atoms with Gasteiger partial charge < -0.3 is 14.5 Å². The summed E-state index contributed by atoms with van der Waals surface area (Å²) in [4.78, 5) is 30.9. The number of aryl methyl sites for hydroxylation is 1. The van der Waals surface area contributed by atoms with Crippen LogP contribution in [0.15, 0.2) is 17.5 Å². The van der Waals surface area contributed by atoms with Crippen molar-refractivity contribution in [3.05, 3.63) is 22.4 Å². The third-order valence-electron chi connectivity index (χ3n) is 6.72. The van der Waals surface area contributed by atoms with Gasteiger partial charge in [0, 0.05) is 43.4 Å². The normalized spacial score (nSPS) is 29.1. The molecule has 0 aromatic carbocycles. The monoisotopic (exact) mass is 404 g/mol. The van der Waals surface area contributed by atoms with E-state index in [2.05, 4.69) is 17.5 Å². The molecule has 154 valence electrons. The molecule has 1 unspecified atom stereocenters. The van der Waals surface area contributed by atoms with Gasteiger partial charge in [-0.25, -0.2) is 0 Å². The van der Waals surface area contributed by atoms with Gasteiger partial charge in [0.1, 0.15) is 0 Å². The van der Waals surface area contributed by atoms with Crippen LogP contribution < -0.4 is 0 Å². The summed E-state index contributed by atoms with van der Waals surface area (Å²) in [6.45, 7) is 7.15. The van der Waals surface area contributed by atoms with E-state index in [9.17, 15) is 9.59 Å². The number of morpholine rings is 1. The van der Waals surface area contributed by atoms with Crippen molar-refractivity contribution in [2.75, 3.05) is 26.2 Å². The van der Waals surface area contributed by atoms with Gasteiger partial charge in [-0.1, -0.05) is 6.07 Å². The number of thiophene rings is 1. The summed E-state index contributed by atoms with van der Waals surface area (Å²) in [5.74, 6) is 0.768. The molecule has 2 amide bonds. The minimum Gasteiger partial charge on any atom is -0.372 e. The molecule has 1 aromatic rings. The van der Waals surface area contributed by atoms with Crippen LogP contribution in [0.1, 0.15) is 50.8 Å². The van der Waals surface area contributed by atoms with Crippen molar-refractivity contribution in [3.8, 4) is 0 Å². The Morgan fingerprint density at radius 1 is 1.18 bits per heavy atom. The second-order valence-electron chi connectivity index (χ2n) is 8.93. The van der Waals surface area contributed by atoms with E-state index in [1.54, 1.807) is 11.3 Å². The van der Waals surface area contributed by atoms with E-state index in [0.29, 0.717) is 25.4 Å². The standard InChI is InChI=1S/C22H32N2O3S/c1-16-14-24(15-17(2)27-16)21(26)19-13-22(19)8-10-23(11-9-22)20(25)7-3-5-18-6-4-12-28-18/h4,6,12,16-17,19H,3,5,7-11,13-15H2,1-2H3/t16-,17+,19?. The summed E-state index contributed by atoms with van der Waals surface area (Å²) in [5, 5.41) is 2.09. The third kappa shape index (κ3) is 4.28. The van der Waals surface area contributed by atoms with Crippen molar-refractivity contribution < 1.29 is 14.3 Å². The number of amides is 2. The maximum Gasteiger partial charge on any atom is 0.226 e. The van der Waals surface area contributed by atoms with Gasteiger partial charge in [-0.05, 0) is 62.8 Å². The number of carbonyl (C=O) groups excluding carboxylic acids is 2. The molecule has 0 N–H and O–H groups in total. The van der Waals surface area contributed by atoms with Crippen LogP contribution in [0.5, 0.6) is 0 Å². The number of carbonyl (C=O) groups is 2. The Morgan fingerprint density at radius 2 is 1.89 bits per heavy atom. The number of ether oxygens (including phenoxy) is 1. The van der Waals surface area contributed by atoms with E-state index < -0.39 is 0 Å². The summed E-state index contributed by atoms with van der Waals surface area (Å²) in [7, 11) is 0. The van der Waals surface area contributed by atoms with Gasteiger partial charge in [-0.3, -0.25) is 9.59 Å². The highest BCUT2D eigenvalue weighted by Crippen LogP contribution is 2.60. The van der Waals surface area contributed by atoms with E-state index in [-0.39, 0.29) is 29.4 Å². The number of piperidine rings is 1. The van der Waals surface area contributed by atoms with Crippen LogP contribution in [0.4, 0.5) is 0 Å². The van der Waals surface area contributed by atoms with E-state index >= 15 is 0 Å². The van der Waals surface area contributed by atoms with Crippen LogP contribution >= 0.6 is 11.3 Å². The predicted octanol–water partition coefficient (Wildman–Crippen LogP) is 3.34. The average Bonchev–Trinajstić information content (AvgIpc) is 3.10. The number of nitrogens with zero attached hydrogens (tertiary/aromatic N) is 2. The van der Waals surface area contributed by atoms with Gasteiger partial charge in [-0.15, -0.1) is 11.3 Å². The fourth-order valence-corrected chi connectivity index (χ4v) is 5.81. The first-order chi connectivity index (χ1) is 13.5. The maximum atomic E-state index is 13.0. The zero-order valence-corrected chi connectivity index (χ0v) is 17.9. The number of likely N-dealkylation sites (tertiary alicyclic amines) is 1. The lowest BCUT2D eigenvalue weighted by molar-refractivity contribution is -0.145. The summed E-state index contributed by atoms with van der Waals surface area (Å²) >= 11 is 1.76. The topological polar surface area (TPSA) is 49.9 Å². The maximum absolute atomic E-state index is 13.0. The van der Waals surface area contributed by atoms with Crippen LogP contribution in [-0.2, 0) is 20.7 Å². The molecule has 0 radical (unpaired) electrons. The van der Waals surface area contributed by atoms with Gasteiger partial charge in [0.15, 0.2) is 0 Å². The molecule has 3 heterocycles. The molecule has 1 spiro atoms. The molecule has 2 saturated heterocycles. The lowest BCUT2D eigenvalue weighted by atomic mass is 9.90. The highest BCUT2D eigenvalue weighted by molar-refractivity contribution is 7.09. The molecule has 1 aromatic heterocycles. The van der Waals surface area contributed by atoms with Crippen LogP contribution in [0.25, 0.3) is 0 Å². The Hall–Kier alpha value is -1.40. The first kappa shape index (κ1) is 19.9. The minimum atomic E-state index is 0.121. The van der Waals surface area contributed by atoms with Crippen molar-refractivity contribution >= 4 is 23.2 Å². The van der Waals surface area contributed by atoms with Crippen LogP contribution in [-0.4, -0.2) is 60.0 Å². The summed E-state index contributed by atoms with van der Waals surface area (Å²) in [6.07, 6.45) is 5.77. The van der Waals surface area contributed by atoms with E-state index in [0.717, 1.165) is 45.2 Å². The Balaban J connectivity index is 1.22. The molecule has 1 aliphatic carbocycles. The van der Waals surface area contributed by atoms with Crippen molar-refractivity contribution in [2.45, 2.75) is 64.6 Å². The lowest BCUT2D eigenvalue weighted by Gasteiger charge is -2.37. The Kier molecular flexibility index (Phi) is 5.79. The highest BCUT2D eigenvalue weighted by atomic mass is 32.1. The number of hydrogen-bond donors (Lipinski definition) is 0.